The topological polar surface area (TPSA) is 43.9 Å². The molecule has 0 atom stereocenters. The lowest BCUT2D eigenvalue weighted by atomic mass is 10.3. The zero-order chi connectivity index (χ0) is 16.6. The maximum Gasteiger partial charge on any atom is 0.320 e. The van der Waals surface area contributed by atoms with Gasteiger partial charge in [0.1, 0.15) is 0 Å². The molecule has 3 amide bonds. The SMILES string of the molecule is C.C.C.CC.CC(C)N1CCCC1=O.CC(C)N1CCN(C)C1=O. The Morgan fingerprint density at radius 1 is 0.792 bits per heavy atom. The maximum atomic E-state index is 11.2. The third kappa shape index (κ3) is 9.14. The molecule has 0 bridgehead atoms. The van der Waals surface area contributed by atoms with Crippen LogP contribution in [0.3, 0.4) is 0 Å². The molecule has 148 valence electrons. The van der Waals surface area contributed by atoms with E-state index < -0.39 is 0 Å². The fraction of sp³-hybridized carbons (Fsp3) is 0.895. The number of nitrogens with zero attached hydrogens (tertiary/aromatic N) is 3. The molecule has 0 spiro atoms. The van der Waals surface area contributed by atoms with Gasteiger partial charge in [0.2, 0.25) is 5.91 Å². The van der Waals surface area contributed by atoms with E-state index in [2.05, 4.69) is 13.8 Å². The zero-order valence-electron chi connectivity index (χ0n) is 14.8. The van der Waals surface area contributed by atoms with E-state index >= 15 is 0 Å². The summed E-state index contributed by atoms with van der Waals surface area (Å²) in [5, 5.41) is 0. The van der Waals surface area contributed by atoms with Crippen LogP contribution >= 0.6 is 0 Å². The summed E-state index contributed by atoms with van der Waals surface area (Å²) in [4.78, 5) is 27.7. The third-order valence-electron chi connectivity index (χ3n) is 3.61. The van der Waals surface area contributed by atoms with Crippen molar-refractivity contribution in [2.45, 2.75) is 88.7 Å². The fourth-order valence-electron chi connectivity index (χ4n) is 2.36. The predicted octanol–water partition coefficient (Wildman–Crippen LogP) is 4.71. The normalized spacial score (nSPS) is 15.8. The van der Waals surface area contributed by atoms with Crippen molar-refractivity contribution < 1.29 is 9.59 Å². The van der Waals surface area contributed by atoms with E-state index in [9.17, 15) is 9.59 Å². The Balaban J connectivity index is -0.000000136. The van der Waals surface area contributed by atoms with Crippen molar-refractivity contribution >= 4 is 11.9 Å². The molecule has 0 aromatic carbocycles. The molecule has 0 saturated carbocycles. The van der Waals surface area contributed by atoms with Crippen LogP contribution in [0.25, 0.3) is 0 Å². The quantitative estimate of drug-likeness (QED) is 0.726. The molecule has 2 aliphatic rings. The molecule has 0 aliphatic carbocycles. The second-order valence-corrected chi connectivity index (χ2v) is 5.78. The second-order valence-electron chi connectivity index (χ2n) is 5.78. The van der Waals surface area contributed by atoms with Crippen LogP contribution in [0.15, 0.2) is 0 Å². The monoisotopic (exact) mass is 347 g/mol. The van der Waals surface area contributed by atoms with Crippen LogP contribution in [0.2, 0.25) is 0 Å². The smallest absolute Gasteiger partial charge is 0.320 e. The summed E-state index contributed by atoms with van der Waals surface area (Å²) in [6, 6.07) is 0.910. The summed E-state index contributed by atoms with van der Waals surface area (Å²) in [7, 11) is 1.84. The molecule has 2 aliphatic heterocycles. The summed E-state index contributed by atoms with van der Waals surface area (Å²) in [5.74, 6) is 0.324. The molecule has 0 aromatic rings. The van der Waals surface area contributed by atoms with Crippen molar-refractivity contribution in [1.82, 2.24) is 14.7 Å². The summed E-state index contributed by atoms with van der Waals surface area (Å²) in [6.45, 7) is 14.9. The van der Waals surface area contributed by atoms with Crippen molar-refractivity contribution in [3.8, 4) is 0 Å². The molecule has 2 fully saturated rings. The van der Waals surface area contributed by atoms with Gasteiger partial charge in [-0.05, 0) is 34.1 Å². The van der Waals surface area contributed by atoms with Crippen molar-refractivity contribution in [2.75, 3.05) is 26.7 Å². The highest BCUT2D eigenvalue weighted by atomic mass is 16.2. The van der Waals surface area contributed by atoms with E-state index in [1.54, 1.807) is 4.90 Å². The molecule has 24 heavy (non-hydrogen) atoms. The van der Waals surface area contributed by atoms with Crippen molar-refractivity contribution in [2.24, 2.45) is 0 Å². The van der Waals surface area contributed by atoms with E-state index in [0.717, 1.165) is 32.5 Å². The number of hydrogen-bond donors (Lipinski definition) is 0. The van der Waals surface area contributed by atoms with E-state index in [1.165, 1.54) is 0 Å². The lowest BCUT2D eigenvalue weighted by molar-refractivity contribution is -0.129. The van der Waals surface area contributed by atoms with Gasteiger partial charge < -0.3 is 14.7 Å². The molecular formula is C19H45N3O2. The summed E-state index contributed by atoms with van der Waals surface area (Å²) in [5.41, 5.74) is 0. The van der Waals surface area contributed by atoms with E-state index in [4.69, 9.17) is 0 Å². The first-order chi connectivity index (χ1) is 9.84. The number of carbonyl (C=O) groups is 2. The predicted molar refractivity (Wildman–Crippen MR) is 107 cm³/mol. The minimum Gasteiger partial charge on any atom is -0.340 e. The number of carbonyl (C=O) groups excluding carboxylic acids is 2. The van der Waals surface area contributed by atoms with Gasteiger partial charge in [0.15, 0.2) is 0 Å². The molecule has 0 N–H and O–H groups in total. The molecule has 0 aromatic heterocycles. The summed E-state index contributed by atoms with van der Waals surface area (Å²) in [6.07, 6.45) is 1.81. The first-order valence-electron chi connectivity index (χ1n) is 8.15. The van der Waals surface area contributed by atoms with Gasteiger partial charge in [-0.25, -0.2) is 4.79 Å². The number of amides is 3. The number of urea groups is 1. The summed E-state index contributed by atoms with van der Waals surface area (Å²) < 4.78 is 0. The Labute approximate surface area is 152 Å². The lowest BCUT2D eigenvalue weighted by Gasteiger charge is -2.19. The van der Waals surface area contributed by atoms with Crippen LogP contribution in [0.1, 0.15) is 76.7 Å². The molecule has 2 saturated heterocycles. The number of likely N-dealkylation sites (tertiary alicyclic amines) is 1. The second kappa shape index (κ2) is 15.3. The Morgan fingerprint density at radius 3 is 1.42 bits per heavy atom. The van der Waals surface area contributed by atoms with E-state index in [-0.39, 0.29) is 28.3 Å². The number of likely N-dealkylation sites (N-methyl/N-ethyl adjacent to an activating group) is 1. The van der Waals surface area contributed by atoms with Crippen molar-refractivity contribution in [1.29, 1.82) is 0 Å². The summed E-state index contributed by atoms with van der Waals surface area (Å²) >= 11 is 0. The molecule has 0 radical (unpaired) electrons. The van der Waals surface area contributed by atoms with Gasteiger partial charge >= 0.3 is 6.03 Å². The van der Waals surface area contributed by atoms with Gasteiger partial charge in [0, 0.05) is 45.2 Å². The Kier molecular flexibility index (Phi) is 19.5. The molecule has 0 unspecified atom stereocenters. The average Bonchev–Trinajstić information content (AvgIpc) is 3.00. The lowest BCUT2D eigenvalue weighted by Crippen LogP contribution is -2.34. The van der Waals surface area contributed by atoms with Gasteiger partial charge in [0.25, 0.3) is 0 Å². The molecule has 2 heterocycles. The highest BCUT2D eigenvalue weighted by Crippen LogP contribution is 2.12. The number of hydrogen-bond acceptors (Lipinski definition) is 2. The van der Waals surface area contributed by atoms with Crippen LogP contribution in [-0.2, 0) is 4.79 Å². The van der Waals surface area contributed by atoms with Gasteiger partial charge in [-0.15, -0.1) is 0 Å². The Hall–Kier alpha value is -1.26. The van der Waals surface area contributed by atoms with Crippen LogP contribution in [0.4, 0.5) is 4.79 Å². The largest absolute Gasteiger partial charge is 0.340 e. The fourth-order valence-corrected chi connectivity index (χ4v) is 2.36. The van der Waals surface area contributed by atoms with Gasteiger partial charge in [0.05, 0.1) is 0 Å². The molecular weight excluding hydrogens is 302 g/mol. The maximum absolute atomic E-state index is 11.2. The molecule has 2 rings (SSSR count). The van der Waals surface area contributed by atoms with Gasteiger partial charge in [-0.2, -0.15) is 0 Å². The van der Waals surface area contributed by atoms with E-state index in [1.807, 2.05) is 44.5 Å². The first-order valence-corrected chi connectivity index (χ1v) is 8.15. The van der Waals surface area contributed by atoms with Crippen molar-refractivity contribution in [3.05, 3.63) is 0 Å². The first kappa shape index (κ1) is 30.6. The Bertz CT molecular complexity index is 331. The van der Waals surface area contributed by atoms with Crippen molar-refractivity contribution in [3.63, 3.8) is 0 Å². The highest BCUT2D eigenvalue weighted by Gasteiger charge is 2.26. The van der Waals surface area contributed by atoms with Crippen LogP contribution in [0.5, 0.6) is 0 Å². The zero-order valence-corrected chi connectivity index (χ0v) is 14.8. The minimum absolute atomic E-state index is 0. The van der Waals surface area contributed by atoms with Gasteiger partial charge in [-0.3, -0.25) is 4.79 Å². The minimum atomic E-state index is 0. The van der Waals surface area contributed by atoms with Crippen LogP contribution in [0, 0.1) is 0 Å². The third-order valence-corrected chi connectivity index (χ3v) is 3.61. The van der Waals surface area contributed by atoms with E-state index in [0.29, 0.717) is 18.0 Å². The molecule has 5 nitrogen and oxygen atoms in total. The number of rotatable bonds is 2. The Morgan fingerprint density at radius 2 is 1.25 bits per heavy atom. The van der Waals surface area contributed by atoms with Crippen LogP contribution < -0.4 is 0 Å². The van der Waals surface area contributed by atoms with Gasteiger partial charge in [-0.1, -0.05) is 36.1 Å². The van der Waals surface area contributed by atoms with Crippen LogP contribution in [-0.4, -0.2) is 65.4 Å². The standard InChI is InChI=1S/C7H14N2O.C7H13NO.C2H6.3CH4/c1-6(2)9-5-4-8(3)7(9)10;1-6(2)8-5-3-4-7(8)9;1-2;;;/h6H,4-5H2,1-3H3;6H,3-5H2,1-2H3;1-2H3;3*1H4. The molecule has 5 heteroatoms. The highest BCUT2D eigenvalue weighted by molar-refractivity contribution is 5.78. The average molecular weight is 348 g/mol.